The van der Waals surface area contributed by atoms with E-state index in [1.807, 2.05) is 37.3 Å². The summed E-state index contributed by atoms with van der Waals surface area (Å²) in [4.78, 5) is 11.1. The van der Waals surface area contributed by atoms with E-state index in [4.69, 9.17) is 5.26 Å². The predicted octanol–water partition coefficient (Wildman–Crippen LogP) is 3.12. The van der Waals surface area contributed by atoms with Gasteiger partial charge in [-0.2, -0.15) is 5.26 Å². The zero-order valence-corrected chi connectivity index (χ0v) is 8.95. The number of nitriles is 1. The highest BCUT2D eigenvalue weighted by molar-refractivity contribution is 5.94. The number of nitrogens with zero attached hydrogens (tertiary/aromatic N) is 1. The summed E-state index contributed by atoms with van der Waals surface area (Å²) in [7, 11) is 0. The minimum atomic E-state index is 0.0747. The third-order valence-electron chi connectivity index (χ3n) is 2.18. The van der Waals surface area contributed by atoms with Gasteiger partial charge in [-0.1, -0.05) is 24.3 Å². The van der Waals surface area contributed by atoms with Crippen LogP contribution in [0.25, 0.3) is 6.08 Å². The van der Waals surface area contributed by atoms with Crippen molar-refractivity contribution in [3.63, 3.8) is 0 Å². The molecule has 15 heavy (non-hydrogen) atoms. The van der Waals surface area contributed by atoms with E-state index in [1.165, 1.54) is 0 Å². The van der Waals surface area contributed by atoms with Crippen LogP contribution in [0.5, 0.6) is 0 Å². The van der Waals surface area contributed by atoms with Gasteiger partial charge in [-0.25, -0.2) is 0 Å². The van der Waals surface area contributed by atoms with Crippen LogP contribution in [-0.2, 0) is 0 Å². The van der Waals surface area contributed by atoms with Crippen LogP contribution in [0, 0.1) is 18.3 Å². The standard InChI is InChI=1S/C13H13NO/c1-10-9-13(11(2)15)7-6-12(10)5-3-4-8-14/h3,5-7,9H,4H2,1-2H3. The quantitative estimate of drug-likeness (QED) is 0.702. The van der Waals surface area contributed by atoms with Crippen LogP contribution in [0.3, 0.4) is 0 Å². The van der Waals surface area contributed by atoms with Crippen molar-refractivity contribution in [3.05, 3.63) is 41.0 Å². The molecule has 0 N–H and O–H groups in total. The minimum absolute atomic E-state index is 0.0747. The molecule has 0 radical (unpaired) electrons. The zero-order valence-electron chi connectivity index (χ0n) is 8.95. The first kappa shape index (κ1) is 11.2. The summed E-state index contributed by atoms with van der Waals surface area (Å²) in [6.45, 7) is 3.51. The van der Waals surface area contributed by atoms with Gasteiger partial charge in [0.1, 0.15) is 0 Å². The van der Waals surface area contributed by atoms with Crippen molar-refractivity contribution in [1.82, 2.24) is 0 Å². The summed E-state index contributed by atoms with van der Waals surface area (Å²) in [6.07, 6.45) is 4.13. The molecule has 0 bridgehead atoms. The molecular weight excluding hydrogens is 186 g/mol. The summed E-state index contributed by atoms with van der Waals surface area (Å²) in [5, 5.41) is 8.38. The molecular formula is C13H13NO. The second kappa shape index (κ2) is 5.11. The van der Waals surface area contributed by atoms with E-state index >= 15 is 0 Å². The molecule has 0 aliphatic rings. The van der Waals surface area contributed by atoms with Gasteiger partial charge in [-0.05, 0) is 31.0 Å². The maximum absolute atomic E-state index is 11.1. The normalized spacial score (nSPS) is 10.2. The van der Waals surface area contributed by atoms with E-state index in [2.05, 4.69) is 0 Å². The molecule has 0 saturated heterocycles. The molecule has 0 saturated carbocycles. The summed E-state index contributed by atoms with van der Waals surface area (Å²) in [5.41, 5.74) is 2.83. The molecule has 0 atom stereocenters. The molecule has 0 aromatic heterocycles. The largest absolute Gasteiger partial charge is 0.295 e. The lowest BCUT2D eigenvalue weighted by molar-refractivity contribution is 0.101. The van der Waals surface area contributed by atoms with Crippen LogP contribution < -0.4 is 0 Å². The van der Waals surface area contributed by atoms with Crippen LogP contribution >= 0.6 is 0 Å². The SMILES string of the molecule is CC(=O)c1ccc(C=CCC#N)c(C)c1. The van der Waals surface area contributed by atoms with Crippen molar-refractivity contribution in [2.24, 2.45) is 0 Å². The Morgan fingerprint density at radius 1 is 1.53 bits per heavy atom. The summed E-state index contributed by atoms with van der Waals surface area (Å²) in [5.74, 6) is 0.0747. The van der Waals surface area contributed by atoms with Gasteiger partial charge in [-0.15, -0.1) is 0 Å². The molecule has 1 rings (SSSR count). The summed E-state index contributed by atoms with van der Waals surface area (Å²) < 4.78 is 0. The van der Waals surface area contributed by atoms with E-state index in [-0.39, 0.29) is 5.78 Å². The number of ketones is 1. The average Bonchev–Trinajstić information content (AvgIpc) is 2.20. The van der Waals surface area contributed by atoms with Gasteiger partial charge in [0, 0.05) is 5.56 Å². The van der Waals surface area contributed by atoms with Crippen LogP contribution in [0.1, 0.15) is 34.8 Å². The highest BCUT2D eigenvalue weighted by Crippen LogP contribution is 2.13. The number of hydrogen-bond acceptors (Lipinski definition) is 2. The molecule has 2 heteroatoms. The van der Waals surface area contributed by atoms with Crippen molar-refractivity contribution in [2.75, 3.05) is 0 Å². The van der Waals surface area contributed by atoms with Crippen molar-refractivity contribution < 1.29 is 4.79 Å². The number of benzene rings is 1. The van der Waals surface area contributed by atoms with E-state index in [1.54, 1.807) is 13.0 Å². The zero-order chi connectivity index (χ0) is 11.3. The third kappa shape index (κ3) is 3.07. The van der Waals surface area contributed by atoms with Crippen LogP contribution in [0.2, 0.25) is 0 Å². The van der Waals surface area contributed by atoms with E-state index in [0.29, 0.717) is 6.42 Å². The maximum atomic E-state index is 11.1. The Morgan fingerprint density at radius 3 is 2.80 bits per heavy atom. The number of carbonyl (C=O) groups is 1. The molecule has 0 fully saturated rings. The third-order valence-corrected chi connectivity index (χ3v) is 2.18. The first-order valence-electron chi connectivity index (χ1n) is 4.80. The summed E-state index contributed by atoms with van der Waals surface area (Å²) >= 11 is 0. The fraction of sp³-hybridized carbons (Fsp3) is 0.231. The highest BCUT2D eigenvalue weighted by Gasteiger charge is 2.00. The van der Waals surface area contributed by atoms with Crippen molar-refractivity contribution >= 4 is 11.9 Å². The first-order valence-corrected chi connectivity index (χ1v) is 4.80. The molecule has 0 aliphatic heterocycles. The van der Waals surface area contributed by atoms with Gasteiger partial charge >= 0.3 is 0 Å². The first-order chi connectivity index (χ1) is 7.15. The van der Waals surface area contributed by atoms with Gasteiger partial charge in [0.25, 0.3) is 0 Å². The number of aryl methyl sites for hydroxylation is 1. The molecule has 1 aromatic rings. The molecule has 0 spiro atoms. The molecule has 0 unspecified atom stereocenters. The number of rotatable bonds is 3. The van der Waals surface area contributed by atoms with Gasteiger partial charge in [0.2, 0.25) is 0 Å². The fourth-order valence-electron chi connectivity index (χ4n) is 1.32. The molecule has 76 valence electrons. The van der Waals surface area contributed by atoms with Crippen molar-refractivity contribution in [1.29, 1.82) is 5.26 Å². The van der Waals surface area contributed by atoms with Gasteiger partial charge in [0.05, 0.1) is 12.5 Å². The highest BCUT2D eigenvalue weighted by atomic mass is 16.1. The second-order valence-corrected chi connectivity index (χ2v) is 3.39. The van der Waals surface area contributed by atoms with Gasteiger partial charge in [0.15, 0.2) is 5.78 Å². The van der Waals surface area contributed by atoms with E-state index in [0.717, 1.165) is 16.7 Å². The molecule has 0 aliphatic carbocycles. The van der Waals surface area contributed by atoms with Crippen LogP contribution in [0.15, 0.2) is 24.3 Å². The van der Waals surface area contributed by atoms with Crippen molar-refractivity contribution in [3.8, 4) is 6.07 Å². The molecule has 0 heterocycles. The topological polar surface area (TPSA) is 40.9 Å². The lowest BCUT2D eigenvalue weighted by atomic mass is 10.0. The molecule has 0 amide bonds. The Balaban J connectivity index is 2.94. The van der Waals surface area contributed by atoms with Crippen LogP contribution in [0.4, 0.5) is 0 Å². The van der Waals surface area contributed by atoms with E-state index < -0.39 is 0 Å². The van der Waals surface area contributed by atoms with Crippen LogP contribution in [-0.4, -0.2) is 5.78 Å². The molecule has 2 nitrogen and oxygen atoms in total. The van der Waals surface area contributed by atoms with E-state index in [9.17, 15) is 4.79 Å². The molecule has 1 aromatic carbocycles. The monoisotopic (exact) mass is 199 g/mol. The Bertz CT molecular complexity index is 438. The Kier molecular flexibility index (Phi) is 3.82. The Morgan fingerprint density at radius 2 is 2.27 bits per heavy atom. The lowest BCUT2D eigenvalue weighted by Gasteiger charge is -2.02. The number of carbonyl (C=O) groups excluding carboxylic acids is 1. The smallest absolute Gasteiger partial charge is 0.159 e. The lowest BCUT2D eigenvalue weighted by Crippen LogP contribution is -1.93. The number of allylic oxidation sites excluding steroid dienone is 1. The number of hydrogen-bond donors (Lipinski definition) is 0. The maximum Gasteiger partial charge on any atom is 0.159 e. The number of Topliss-reactive ketones (excluding diaryl/α,β-unsaturated/α-hetero) is 1. The van der Waals surface area contributed by atoms with Gasteiger partial charge in [-0.3, -0.25) is 4.79 Å². The van der Waals surface area contributed by atoms with Gasteiger partial charge < -0.3 is 0 Å². The predicted molar refractivity (Wildman–Crippen MR) is 60.4 cm³/mol. The second-order valence-electron chi connectivity index (χ2n) is 3.39. The fourth-order valence-corrected chi connectivity index (χ4v) is 1.32. The average molecular weight is 199 g/mol. The van der Waals surface area contributed by atoms with Crippen molar-refractivity contribution in [2.45, 2.75) is 20.3 Å². The minimum Gasteiger partial charge on any atom is -0.295 e. The summed E-state index contributed by atoms with van der Waals surface area (Å²) in [6, 6.07) is 7.63. The Hall–Kier alpha value is -1.88. The Labute approximate surface area is 89.9 Å².